The van der Waals surface area contributed by atoms with Gasteiger partial charge in [0.15, 0.2) is 0 Å². The van der Waals surface area contributed by atoms with E-state index in [1.54, 1.807) is 6.33 Å². The molecular weight excluding hydrogens is 240 g/mol. The molecule has 2 saturated heterocycles. The van der Waals surface area contributed by atoms with Crippen LogP contribution in [0.3, 0.4) is 0 Å². The molecular formula is C14H22N4O. The number of aromatic nitrogens is 2. The Bertz CT molecular complexity index is 426. The second-order valence-corrected chi connectivity index (χ2v) is 5.28. The van der Waals surface area contributed by atoms with Crippen molar-refractivity contribution in [1.29, 1.82) is 0 Å². The van der Waals surface area contributed by atoms with Gasteiger partial charge in [0.25, 0.3) is 0 Å². The molecule has 5 heteroatoms. The Morgan fingerprint density at radius 3 is 3.11 bits per heavy atom. The molecule has 3 rings (SSSR count). The molecule has 104 valence electrons. The van der Waals surface area contributed by atoms with E-state index < -0.39 is 0 Å². The van der Waals surface area contributed by atoms with Crippen molar-refractivity contribution in [1.82, 2.24) is 14.9 Å². The van der Waals surface area contributed by atoms with E-state index in [1.807, 2.05) is 13.0 Å². The molecule has 0 saturated carbocycles. The summed E-state index contributed by atoms with van der Waals surface area (Å²) in [6, 6.07) is 2.66. The van der Waals surface area contributed by atoms with Crippen LogP contribution in [0.4, 0.5) is 5.82 Å². The monoisotopic (exact) mass is 262 g/mol. The summed E-state index contributed by atoms with van der Waals surface area (Å²) in [6.45, 7) is 7.18. The Labute approximate surface area is 114 Å². The standard InChI is InChI=1S/C14H22N4O/c1-2-19-14-9-13(15-11-16-14)18-8-7-17-6-4-3-5-12(17)10-18/h9,11-12H,2-8,10H2,1H3. The molecule has 0 aliphatic carbocycles. The maximum Gasteiger partial charge on any atom is 0.218 e. The molecule has 5 nitrogen and oxygen atoms in total. The van der Waals surface area contributed by atoms with Crippen LogP contribution in [0.2, 0.25) is 0 Å². The molecule has 2 aliphatic heterocycles. The molecule has 0 radical (unpaired) electrons. The smallest absolute Gasteiger partial charge is 0.218 e. The number of nitrogens with zero attached hydrogens (tertiary/aromatic N) is 4. The second kappa shape index (κ2) is 5.74. The summed E-state index contributed by atoms with van der Waals surface area (Å²) < 4.78 is 5.46. The maximum absolute atomic E-state index is 5.46. The Morgan fingerprint density at radius 2 is 2.21 bits per heavy atom. The molecule has 19 heavy (non-hydrogen) atoms. The first kappa shape index (κ1) is 12.7. The van der Waals surface area contributed by atoms with E-state index in [-0.39, 0.29) is 0 Å². The van der Waals surface area contributed by atoms with Gasteiger partial charge >= 0.3 is 0 Å². The first-order chi connectivity index (χ1) is 9.36. The van der Waals surface area contributed by atoms with Crippen molar-refractivity contribution < 1.29 is 4.74 Å². The fraction of sp³-hybridized carbons (Fsp3) is 0.714. The molecule has 1 unspecified atom stereocenters. The van der Waals surface area contributed by atoms with Crippen LogP contribution in [0.1, 0.15) is 26.2 Å². The van der Waals surface area contributed by atoms with E-state index in [0.717, 1.165) is 25.5 Å². The summed E-state index contributed by atoms with van der Waals surface area (Å²) in [5.74, 6) is 1.68. The van der Waals surface area contributed by atoms with Crippen molar-refractivity contribution >= 4 is 5.82 Å². The summed E-state index contributed by atoms with van der Waals surface area (Å²) in [6.07, 6.45) is 5.65. The molecule has 0 bridgehead atoms. The van der Waals surface area contributed by atoms with Crippen molar-refractivity contribution in [3.05, 3.63) is 12.4 Å². The number of piperidine rings is 1. The summed E-state index contributed by atoms with van der Waals surface area (Å²) >= 11 is 0. The van der Waals surface area contributed by atoms with Gasteiger partial charge in [-0.2, -0.15) is 0 Å². The Balaban J connectivity index is 1.70. The number of rotatable bonds is 3. The topological polar surface area (TPSA) is 41.5 Å². The predicted molar refractivity (Wildman–Crippen MR) is 74.6 cm³/mol. The highest BCUT2D eigenvalue weighted by Crippen LogP contribution is 2.24. The predicted octanol–water partition coefficient (Wildman–Crippen LogP) is 1.55. The second-order valence-electron chi connectivity index (χ2n) is 5.28. The van der Waals surface area contributed by atoms with Gasteiger partial charge in [0.05, 0.1) is 6.61 Å². The number of ether oxygens (including phenoxy) is 1. The van der Waals surface area contributed by atoms with E-state index in [0.29, 0.717) is 18.5 Å². The molecule has 0 spiro atoms. The minimum atomic E-state index is 0.646. The van der Waals surface area contributed by atoms with Crippen LogP contribution in [0.15, 0.2) is 12.4 Å². The molecule has 2 aliphatic rings. The minimum absolute atomic E-state index is 0.646. The van der Waals surface area contributed by atoms with Gasteiger partial charge in [0, 0.05) is 31.7 Å². The first-order valence-corrected chi connectivity index (χ1v) is 7.30. The highest BCUT2D eigenvalue weighted by molar-refractivity contribution is 5.41. The lowest BCUT2D eigenvalue weighted by Gasteiger charge is -2.44. The number of piperazine rings is 1. The van der Waals surface area contributed by atoms with E-state index in [2.05, 4.69) is 19.8 Å². The van der Waals surface area contributed by atoms with Gasteiger partial charge in [-0.15, -0.1) is 0 Å². The summed E-state index contributed by atoms with van der Waals surface area (Å²) in [5.41, 5.74) is 0. The van der Waals surface area contributed by atoms with Crippen LogP contribution in [0, 0.1) is 0 Å². The lowest BCUT2D eigenvalue weighted by atomic mass is 9.99. The van der Waals surface area contributed by atoms with Crippen molar-refractivity contribution in [2.75, 3.05) is 37.7 Å². The number of hydrogen-bond acceptors (Lipinski definition) is 5. The average Bonchev–Trinajstić information content (AvgIpc) is 2.47. The summed E-state index contributed by atoms with van der Waals surface area (Å²) in [4.78, 5) is 13.5. The van der Waals surface area contributed by atoms with Crippen molar-refractivity contribution in [2.24, 2.45) is 0 Å². The summed E-state index contributed by atoms with van der Waals surface area (Å²) in [5, 5.41) is 0. The van der Waals surface area contributed by atoms with E-state index >= 15 is 0 Å². The van der Waals surface area contributed by atoms with Crippen LogP contribution in [-0.4, -0.2) is 53.7 Å². The highest BCUT2D eigenvalue weighted by atomic mass is 16.5. The fourth-order valence-corrected chi connectivity index (χ4v) is 3.09. The first-order valence-electron chi connectivity index (χ1n) is 7.30. The highest BCUT2D eigenvalue weighted by Gasteiger charge is 2.29. The molecule has 0 amide bonds. The zero-order chi connectivity index (χ0) is 13.1. The largest absolute Gasteiger partial charge is 0.478 e. The van der Waals surface area contributed by atoms with Gasteiger partial charge in [-0.1, -0.05) is 6.42 Å². The van der Waals surface area contributed by atoms with E-state index in [4.69, 9.17) is 4.74 Å². The summed E-state index contributed by atoms with van der Waals surface area (Å²) in [7, 11) is 0. The minimum Gasteiger partial charge on any atom is -0.478 e. The Morgan fingerprint density at radius 1 is 1.26 bits per heavy atom. The van der Waals surface area contributed by atoms with Gasteiger partial charge < -0.3 is 9.64 Å². The molecule has 0 N–H and O–H groups in total. The quantitative estimate of drug-likeness (QED) is 0.826. The van der Waals surface area contributed by atoms with Gasteiger partial charge in [0.1, 0.15) is 12.1 Å². The van der Waals surface area contributed by atoms with Crippen LogP contribution >= 0.6 is 0 Å². The van der Waals surface area contributed by atoms with Crippen LogP contribution in [0.5, 0.6) is 5.88 Å². The molecule has 0 aromatic carbocycles. The third-order valence-electron chi connectivity index (χ3n) is 4.08. The molecule has 1 aromatic rings. The maximum atomic E-state index is 5.46. The third-order valence-corrected chi connectivity index (χ3v) is 4.08. The zero-order valence-electron chi connectivity index (χ0n) is 11.6. The lowest BCUT2D eigenvalue weighted by Crippen LogP contribution is -2.55. The zero-order valence-corrected chi connectivity index (χ0v) is 11.6. The normalized spacial score (nSPS) is 24.1. The molecule has 1 aromatic heterocycles. The molecule has 3 heterocycles. The van der Waals surface area contributed by atoms with Crippen LogP contribution in [0.25, 0.3) is 0 Å². The molecule has 1 atom stereocenters. The lowest BCUT2D eigenvalue weighted by molar-refractivity contribution is 0.133. The van der Waals surface area contributed by atoms with Gasteiger partial charge in [-0.3, -0.25) is 4.90 Å². The number of anilines is 1. The Hall–Kier alpha value is -1.36. The average molecular weight is 262 g/mol. The Kier molecular flexibility index (Phi) is 3.82. The number of hydrogen-bond donors (Lipinski definition) is 0. The van der Waals surface area contributed by atoms with Gasteiger partial charge in [-0.05, 0) is 26.3 Å². The van der Waals surface area contributed by atoms with E-state index in [1.165, 1.54) is 25.8 Å². The van der Waals surface area contributed by atoms with E-state index in [9.17, 15) is 0 Å². The SMILES string of the molecule is CCOc1cc(N2CCN3CCCCC3C2)ncn1. The third kappa shape index (κ3) is 2.81. The van der Waals surface area contributed by atoms with Crippen LogP contribution < -0.4 is 9.64 Å². The fourth-order valence-electron chi connectivity index (χ4n) is 3.09. The van der Waals surface area contributed by atoms with Crippen molar-refractivity contribution in [3.8, 4) is 5.88 Å². The van der Waals surface area contributed by atoms with Gasteiger partial charge in [-0.25, -0.2) is 9.97 Å². The van der Waals surface area contributed by atoms with Crippen molar-refractivity contribution in [2.45, 2.75) is 32.2 Å². The number of fused-ring (bicyclic) bond motifs is 1. The molecule has 2 fully saturated rings. The van der Waals surface area contributed by atoms with Gasteiger partial charge in [0.2, 0.25) is 5.88 Å². The van der Waals surface area contributed by atoms with Crippen LogP contribution in [-0.2, 0) is 0 Å². The van der Waals surface area contributed by atoms with Crippen molar-refractivity contribution in [3.63, 3.8) is 0 Å².